The molecule has 0 aliphatic rings. The second-order valence-corrected chi connectivity index (χ2v) is 5.22. The summed E-state index contributed by atoms with van der Waals surface area (Å²) in [6.45, 7) is 0.573. The van der Waals surface area contributed by atoms with E-state index in [2.05, 4.69) is 20.6 Å². The molecule has 24 heavy (non-hydrogen) atoms. The van der Waals surface area contributed by atoms with Crippen LogP contribution in [0.4, 0.5) is 5.95 Å². The number of hydrogen-bond acceptors (Lipinski definition) is 5. The topological polar surface area (TPSA) is 68.8 Å². The van der Waals surface area contributed by atoms with Crippen LogP contribution in [0.5, 0.6) is 0 Å². The van der Waals surface area contributed by atoms with Gasteiger partial charge in [0.15, 0.2) is 0 Å². The van der Waals surface area contributed by atoms with Gasteiger partial charge in [0.1, 0.15) is 0 Å². The number of rotatable bonds is 5. The second-order valence-electron chi connectivity index (χ2n) is 5.22. The van der Waals surface area contributed by atoms with E-state index in [-0.39, 0.29) is 0 Å². The molecule has 2 aromatic heterocycles. The molecule has 6 nitrogen and oxygen atoms in total. The Morgan fingerprint density at radius 3 is 2.62 bits per heavy atom. The maximum atomic E-state index is 5.30. The van der Waals surface area contributed by atoms with Gasteiger partial charge in [-0.25, -0.2) is 4.68 Å². The summed E-state index contributed by atoms with van der Waals surface area (Å²) in [4.78, 5) is 4.38. The fraction of sp³-hybridized carbons (Fsp3) is 0.0556. The van der Waals surface area contributed by atoms with Gasteiger partial charge in [-0.05, 0) is 35.0 Å². The molecule has 118 valence electrons. The summed E-state index contributed by atoms with van der Waals surface area (Å²) in [6.07, 6.45) is 3.68. The van der Waals surface area contributed by atoms with Crippen LogP contribution in [0.1, 0.15) is 5.56 Å². The fourth-order valence-corrected chi connectivity index (χ4v) is 2.46. The van der Waals surface area contributed by atoms with Crippen molar-refractivity contribution in [2.75, 3.05) is 5.32 Å². The fourth-order valence-electron chi connectivity index (χ4n) is 2.46. The van der Waals surface area contributed by atoms with Gasteiger partial charge in [0.2, 0.25) is 0 Å². The van der Waals surface area contributed by atoms with Gasteiger partial charge in [-0.2, -0.15) is 10.1 Å². The highest BCUT2D eigenvalue weighted by Gasteiger charge is 2.09. The van der Waals surface area contributed by atoms with Crippen LogP contribution in [-0.2, 0) is 6.54 Å². The van der Waals surface area contributed by atoms with Gasteiger partial charge >= 0.3 is 0 Å². The van der Waals surface area contributed by atoms with Crippen LogP contribution >= 0.6 is 0 Å². The molecule has 2 aromatic carbocycles. The quantitative estimate of drug-likeness (QED) is 0.610. The number of benzene rings is 2. The standard InChI is InChI=1S/C18H15N5O/c1-2-7-14(8-3-1)17-21-18(22-24-17)19-13-15-9-4-5-10-16(15)23-12-6-11-20-23/h1-12H,13H2,(H,19,22). The van der Waals surface area contributed by atoms with Gasteiger partial charge in [0.05, 0.1) is 5.69 Å². The lowest BCUT2D eigenvalue weighted by atomic mass is 10.2. The monoisotopic (exact) mass is 317 g/mol. The minimum Gasteiger partial charge on any atom is -0.347 e. The molecule has 6 heteroatoms. The number of nitrogens with one attached hydrogen (secondary N) is 1. The van der Waals surface area contributed by atoms with Crippen molar-refractivity contribution in [1.82, 2.24) is 19.9 Å². The van der Waals surface area contributed by atoms with Gasteiger partial charge in [-0.3, -0.25) is 0 Å². The van der Waals surface area contributed by atoms with Crippen LogP contribution < -0.4 is 5.32 Å². The van der Waals surface area contributed by atoms with E-state index < -0.39 is 0 Å². The molecule has 0 amide bonds. The SMILES string of the molecule is c1ccc(-c2nc(NCc3ccccc3-n3cccn3)no2)cc1. The van der Waals surface area contributed by atoms with E-state index in [1.165, 1.54) is 0 Å². The summed E-state index contributed by atoms with van der Waals surface area (Å²) in [5, 5.41) is 11.5. The molecular formula is C18H15N5O. The zero-order valence-corrected chi connectivity index (χ0v) is 12.8. The van der Waals surface area contributed by atoms with Crippen molar-refractivity contribution in [3.8, 4) is 17.1 Å². The van der Waals surface area contributed by atoms with Crippen molar-refractivity contribution in [2.45, 2.75) is 6.54 Å². The molecule has 0 spiro atoms. The summed E-state index contributed by atoms with van der Waals surface area (Å²) < 4.78 is 7.14. The van der Waals surface area contributed by atoms with Gasteiger partial charge in [-0.1, -0.05) is 36.4 Å². The van der Waals surface area contributed by atoms with Crippen molar-refractivity contribution in [3.05, 3.63) is 78.6 Å². The highest BCUT2D eigenvalue weighted by atomic mass is 16.5. The van der Waals surface area contributed by atoms with Gasteiger partial charge in [-0.15, -0.1) is 0 Å². The Hall–Kier alpha value is -3.41. The number of aromatic nitrogens is 4. The molecule has 0 saturated carbocycles. The van der Waals surface area contributed by atoms with E-state index >= 15 is 0 Å². The Morgan fingerprint density at radius 1 is 0.958 bits per heavy atom. The first-order chi connectivity index (χ1) is 11.9. The maximum absolute atomic E-state index is 5.30. The van der Waals surface area contributed by atoms with Crippen molar-refractivity contribution < 1.29 is 4.52 Å². The first-order valence-corrected chi connectivity index (χ1v) is 7.61. The summed E-state index contributed by atoms with van der Waals surface area (Å²) in [6, 6.07) is 19.6. The second kappa shape index (κ2) is 6.37. The van der Waals surface area contributed by atoms with Gasteiger partial charge < -0.3 is 9.84 Å². The molecule has 0 bridgehead atoms. The van der Waals surface area contributed by atoms with Crippen molar-refractivity contribution in [1.29, 1.82) is 0 Å². The molecule has 4 rings (SSSR count). The first-order valence-electron chi connectivity index (χ1n) is 7.61. The molecule has 0 saturated heterocycles. The number of nitrogens with zero attached hydrogens (tertiary/aromatic N) is 4. The number of hydrogen-bond donors (Lipinski definition) is 1. The third-order valence-electron chi connectivity index (χ3n) is 3.63. The minimum absolute atomic E-state index is 0.462. The predicted octanol–water partition coefficient (Wildman–Crippen LogP) is 3.53. The molecule has 0 unspecified atom stereocenters. The van der Waals surface area contributed by atoms with Crippen LogP contribution in [0.15, 0.2) is 77.6 Å². The van der Waals surface area contributed by atoms with Crippen LogP contribution in [0, 0.1) is 0 Å². The van der Waals surface area contributed by atoms with E-state index in [0.717, 1.165) is 16.8 Å². The van der Waals surface area contributed by atoms with Crippen LogP contribution in [0.2, 0.25) is 0 Å². The van der Waals surface area contributed by atoms with Gasteiger partial charge in [0, 0.05) is 24.5 Å². The zero-order valence-electron chi connectivity index (χ0n) is 12.8. The Kier molecular flexibility index (Phi) is 3.77. The third-order valence-corrected chi connectivity index (χ3v) is 3.63. The van der Waals surface area contributed by atoms with E-state index in [0.29, 0.717) is 18.4 Å². The van der Waals surface area contributed by atoms with Crippen molar-refractivity contribution >= 4 is 5.95 Å². The Morgan fingerprint density at radius 2 is 1.79 bits per heavy atom. The van der Waals surface area contributed by atoms with Crippen molar-refractivity contribution in [2.24, 2.45) is 0 Å². The van der Waals surface area contributed by atoms with E-state index in [4.69, 9.17) is 4.52 Å². The van der Waals surface area contributed by atoms with E-state index in [1.54, 1.807) is 6.20 Å². The Bertz CT molecular complexity index is 916. The normalized spacial score (nSPS) is 10.7. The summed E-state index contributed by atoms with van der Waals surface area (Å²) in [7, 11) is 0. The molecule has 0 atom stereocenters. The average molecular weight is 317 g/mol. The van der Waals surface area contributed by atoms with E-state index in [9.17, 15) is 0 Å². The average Bonchev–Trinajstić information content (AvgIpc) is 3.33. The number of anilines is 1. The highest BCUT2D eigenvalue weighted by Crippen LogP contribution is 2.19. The lowest BCUT2D eigenvalue weighted by Gasteiger charge is -2.09. The molecule has 4 aromatic rings. The van der Waals surface area contributed by atoms with Crippen LogP contribution in [0.3, 0.4) is 0 Å². The largest absolute Gasteiger partial charge is 0.347 e. The summed E-state index contributed by atoms with van der Waals surface area (Å²) in [5.74, 6) is 0.961. The molecule has 0 aliphatic heterocycles. The first kappa shape index (κ1) is 14.2. The van der Waals surface area contributed by atoms with E-state index in [1.807, 2.05) is 71.5 Å². The number of para-hydroxylation sites is 1. The Balaban J connectivity index is 1.51. The molecule has 1 N–H and O–H groups in total. The van der Waals surface area contributed by atoms with Crippen molar-refractivity contribution in [3.63, 3.8) is 0 Å². The van der Waals surface area contributed by atoms with Crippen LogP contribution in [-0.4, -0.2) is 19.9 Å². The molecular weight excluding hydrogens is 302 g/mol. The lowest BCUT2D eigenvalue weighted by Crippen LogP contribution is -2.06. The smallest absolute Gasteiger partial charge is 0.264 e. The lowest BCUT2D eigenvalue weighted by molar-refractivity contribution is 0.432. The predicted molar refractivity (Wildman–Crippen MR) is 90.6 cm³/mol. The Labute approximate surface area is 138 Å². The van der Waals surface area contributed by atoms with Crippen LogP contribution in [0.25, 0.3) is 17.1 Å². The third kappa shape index (κ3) is 2.89. The molecule has 2 heterocycles. The zero-order chi connectivity index (χ0) is 16.2. The minimum atomic E-state index is 0.462. The molecule has 0 radical (unpaired) electrons. The molecule has 0 fully saturated rings. The highest BCUT2D eigenvalue weighted by molar-refractivity contribution is 5.53. The summed E-state index contributed by atoms with van der Waals surface area (Å²) >= 11 is 0. The molecule has 0 aliphatic carbocycles. The maximum Gasteiger partial charge on any atom is 0.264 e. The summed E-state index contributed by atoms with van der Waals surface area (Å²) in [5.41, 5.74) is 3.00. The van der Waals surface area contributed by atoms with Gasteiger partial charge in [0.25, 0.3) is 11.8 Å².